The van der Waals surface area contributed by atoms with Gasteiger partial charge in [-0.2, -0.15) is 0 Å². The van der Waals surface area contributed by atoms with Crippen LogP contribution in [0.2, 0.25) is 0 Å². The average molecular weight is 168 g/mol. The van der Waals surface area contributed by atoms with Crippen LogP contribution in [-0.4, -0.2) is 46.3 Å². The Kier molecular flexibility index (Phi) is 2.54. The minimum Gasteiger partial charge on any atom is -0.302 e. The second-order valence-electron chi connectivity index (χ2n) is 2.90. The number of likely N-dealkylation sites (N-methyl/N-ethyl adjacent to an activating group) is 1. The quantitative estimate of drug-likeness (QED) is 0.574. The monoisotopic (exact) mass is 168 g/mol. The predicted octanol–water partition coefficient (Wildman–Crippen LogP) is -0.441. The van der Waals surface area contributed by atoms with Crippen molar-refractivity contribution in [2.45, 2.75) is 0 Å². The van der Waals surface area contributed by atoms with Crippen LogP contribution < -0.4 is 0 Å². The Hall–Kier alpha value is -1.23. The molecule has 12 heavy (non-hydrogen) atoms. The van der Waals surface area contributed by atoms with Gasteiger partial charge in [-0.25, -0.2) is 4.68 Å². The highest BCUT2D eigenvalue weighted by molar-refractivity contribution is 5.95. The number of nitrogens with zero attached hydrogens (tertiary/aromatic N) is 4. The van der Waals surface area contributed by atoms with Gasteiger partial charge < -0.3 is 4.90 Å². The second kappa shape index (κ2) is 3.44. The van der Waals surface area contributed by atoms with Crippen molar-refractivity contribution in [2.24, 2.45) is 7.05 Å². The summed E-state index contributed by atoms with van der Waals surface area (Å²) in [5, 5.41) is 7.30. The van der Waals surface area contributed by atoms with Crippen LogP contribution in [0.1, 0.15) is 10.5 Å². The highest BCUT2D eigenvalue weighted by atomic mass is 16.1. The molecule has 0 saturated carbocycles. The molecule has 5 heteroatoms. The van der Waals surface area contributed by atoms with Gasteiger partial charge in [0.1, 0.15) is 5.69 Å². The molecule has 0 bridgehead atoms. The molecule has 0 aliphatic heterocycles. The molecule has 1 aromatic rings. The van der Waals surface area contributed by atoms with Crippen molar-refractivity contribution in [3.8, 4) is 0 Å². The molecular weight excluding hydrogens is 156 g/mol. The van der Waals surface area contributed by atoms with Gasteiger partial charge in [-0.15, -0.1) is 5.10 Å². The fourth-order valence-corrected chi connectivity index (χ4v) is 0.910. The van der Waals surface area contributed by atoms with Crippen molar-refractivity contribution in [3.05, 3.63) is 11.9 Å². The van der Waals surface area contributed by atoms with Gasteiger partial charge in [0.15, 0.2) is 5.78 Å². The second-order valence-corrected chi connectivity index (χ2v) is 2.90. The zero-order chi connectivity index (χ0) is 9.14. The van der Waals surface area contributed by atoms with E-state index < -0.39 is 0 Å². The Morgan fingerprint density at radius 1 is 1.67 bits per heavy atom. The molecule has 0 spiro atoms. The summed E-state index contributed by atoms with van der Waals surface area (Å²) in [4.78, 5) is 13.2. The van der Waals surface area contributed by atoms with Crippen LogP contribution in [0, 0.1) is 0 Å². The number of aromatic nitrogens is 3. The molecule has 0 radical (unpaired) electrons. The number of carbonyl (C=O) groups excluding carboxylic acids is 1. The van der Waals surface area contributed by atoms with Gasteiger partial charge in [0, 0.05) is 7.05 Å². The third-order valence-corrected chi connectivity index (χ3v) is 1.46. The normalized spacial score (nSPS) is 10.7. The van der Waals surface area contributed by atoms with Crippen LogP contribution >= 0.6 is 0 Å². The van der Waals surface area contributed by atoms with E-state index in [1.807, 2.05) is 19.0 Å². The summed E-state index contributed by atoms with van der Waals surface area (Å²) >= 11 is 0. The molecule has 1 heterocycles. The third-order valence-electron chi connectivity index (χ3n) is 1.46. The van der Waals surface area contributed by atoms with Gasteiger partial charge in [-0.05, 0) is 14.1 Å². The fraction of sp³-hybridized carbons (Fsp3) is 0.571. The summed E-state index contributed by atoms with van der Waals surface area (Å²) in [6, 6.07) is 0. The molecule has 0 unspecified atom stereocenters. The van der Waals surface area contributed by atoms with Crippen LogP contribution in [0.4, 0.5) is 0 Å². The van der Waals surface area contributed by atoms with Gasteiger partial charge in [0.05, 0.1) is 12.7 Å². The lowest BCUT2D eigenvalue weighted by molar-refractivity contribution is 0.0948. The Labute approximate surface area is 71.0 Å². The standard InChI is InChI=1S/C7H12N4O/c1-10(2)5-7(12)6-4-8-9-11(6)3/h4H,5H2,1-3H3. The van der Waals surface area contributed by atoms with E-state index in [2.05, 4.69) is 10.3 Å². The van der Waals surface area contributed by atoms with Gasteiger partial charge in [-0.1, -0.05) is 5.21 Å². The van der Waals surface area contributed by atoms with E-state index in [-0.39, 0.29) is 5.78 Å². The SMILES string of the molecule is CN(C)CC(=O)c1cnnn1C. The molecule has 0 saturated heterocycles. The Bertz CT molecular complexity index is 279. The minimum atomic E-state index is 0.0347. The lowest BCUT2D eigenvalue weighted by atomic mass is 10.3. The first-order valence-corrected chi connectivity index (χ1v) is 3.64. The maximum Gasteiger partial charge on any atom is 0.196 e. The molecule has 1 aromatic heterocycles. The van der Waals surface area contributed by atoms with Crippen LogP contribution in [-0.2, 0) is 7.05 Å². The van der Waals surface area contributed by atoms with E-state index in [0.717, 1.165) is 0 Å². The van der Waals surface area contributed by atoms with Gasteiger partial charge in [0.25, 0.3) is 0 Å². The number of ketones is 1. The van der Waals surface area contributed by atoms with Crippen molar-refractivity contribution in [1.82, 2.24) is 19.9 Å². The highest BCUT2D eigenvalue weighted by Crippen LogP contribution is 1.95. The molecule has 0 aliphatic rings. The lowest BCUT2D eigenvalue weighted by Gasteiger charge is -2.06. The van der Waals surface area contributed by atoms with Gasteiger partial charge in [0.2, 0.25) is 0 Å². The van der Waals surface area contributed by atoms with Crippen LogP contribution in [0.3, 0.4) is 0 Å². The molecule has 0 N–H and O–H groups in total. The van der Waals surface area contributed by atoms with Crippen LogP contribution in [0.15, 0.2) is 6.20 Å². The summed E-state index contributed by atoms with van der Waals surface area (Å²) in [6.45, 7) is 0.390. The van der Waals surface area contributed by atoms with E-state index in [9.17, 15) is 4.79 Å². The summed E-state index contributed by atoms with van der Waals surface area (Å²) in [5.74, 6) is 0.0347. The van der Waals surface area contributed by atoms with Crippen LogP contribution in [0.25, 0.3) is 0 Å². The number of hydrogen-bond donors (Lipinski definition) is 0. The fourth-order valence-electron chi connectivity index (χ4n) is 0.910. The minimum absolute atomic E-state index is 0.0347. The molecule has 0 atom stereocenters. The number of aryl methyl sites for hydroxylation is 1. The molecular formula is C7H12N4O. The van der Waals surface area contributed by atoms with E-state index >= 15 is 0 Å². The summed E-state index contributed by atoms with van der Waals surface area (Å²) in [5.41, 5.74) is 0.545. The molecule has 0 amide bonds. The summed E-state index contributed by atoms with van der Waals surface area (Å²) in [6.07, 6.45) is 1.48. The van der Waals surface area contributed by atoms with Crippen molar-refractivity contribution in [3.63, 3.8) is 0 Å². The molecule has 5 nitrogen and oxygen atoms in total. The average Bonchev–Trinajstić information content (AvgIpc) is 2.33. The number of rotatable bonds is 3. The van der Waals surface area contributed by atoms with Crippen molar-refractivity contribution in [2.75, 3.05) is 20.6 Å². The lowest BCUT2D eigenvalue weighted by Crippen LogP contribution is -2.23. The maximum atomic E-state index is 11.4. The summed E-state index contributed by atoms with van der Waals surface area (Å²) < 4.78 is 1.48. The van der Waals surface area contributed by atoms with Crippen molar-refractivity contribution < 1.29 is 4.79 Å². The molecule has 0 fully saturated rings. The number of Topliss-reactive ketones (excluding diaryl/α,β-unsaturated/α-hetero) is 1. The largest absolute Gasteiger partial charge is 0.302 e. The first-order chi connectivity index (χ1) is 5.61. The smallest absolute Gasteiger partial charge is 0.196 e. The van der Waals surface area contributed by atoms with Gasteiger partial charge in [-0.3, -0.25) is 4.79 Å². The Balaban J connectivity index is 2.72. The molecule has 1 rings (SSSR count). The molecule has 66 valence electrons. The third kappa shape index (κ3) is 1.88. The van der Waals surface area contributed by atoms with Gasteiger partial charge >= 0.3 is 0 Å². The Morgan fingerprint density at radius 3 is 2.75 bits per heavy atom. The zero-order valence-electron chi connectivity index (χ0n) is 7.48. The van der Waals surface area contributed by atoms with Crippen molar-refractivity contribution >= 4 is 5.78 Å². The first kappa shape index (κ1) is 8.86. The zero-order valence-corrected chi connectivity index (χ0v) is 7.48. The maximum absolute atomic E-state index is 11.4. The van der Waals surface area contributed by atoms with Crippen LogP contribution in [0.5, 0.6) is 0 Å². The number of hydrogen-bond acceptors (Lipinski definition) is 4. The first-order valence-electron chi connectivity index (χ1n) is 3.64. The Morgan fingerprint density at radius 2 is 2.33 bits per heavy atom. The van der Waals surface area contributed by atoms with Crippen molar-refractivity contribution in [1.29, 1.82) is 0 Å². The predicted molar refractivity (Wildman–Crippen MR) is 43.9 cm³/mol. The van der Waals surface area contributed by atoms with E-state index in [4.69, 9.17) is 0 Å². The topological polar surface area (TPSA) is 51.0 Å². The highest BCUT2D eigenvalue weighted by Gasteiger charge is 2.10. The molecule has 0 aromatic carbocycles. The van der Waals surface area contributed by atoms with E-state index in [1.54, 1.807) is 7.05 Å². The number of carbonyl (C=O) groups is 1. The summed E-state index contributed by atoms with van der Waals surface area (Å²) in [7, 11) is 5.40. The van der Waals surface area contributed by atoms with E-state index in [1.165, 1.54) is 10.9 Å². The van der Waals surface area contributed by atoms with E-state index in [0.29, 0.717) is 12.2 Å². The molecule has 0 aliphatic carbocycles.